The maximum atomic E-state index is 11.9. The fourth-order valence-electron chi connectivity index (χ4n) is 5.31. The Hall–Kier alpha value is -2.40. The Bertz CT molecular complexity index is 832. The lowest BCUT2D eigenvalue weighted by atomic mass is 9.78. The molecule has 1 aromatic carbocycles. The molecular weight excluding hydrogens is 490 g/mol. The molecule has 36 heavy (non-hydrogen) atoms. The van der Waals surface area contributed by atoms with E-state index in [0.29, 0.717) is 42.1 Å². The topological polar surface area (TPSA) is 140 Å². The summed E-state index contributed by atoms with van der Waals surface area (Å²) in [5.41, 5.74) is 1.09. The van der Waals surface area contributed by atoms with E-state index in [4.69, 9.17) is 36.1 Å². The predicted molar refractivity (Wildman–Crippen MR) is 135 cm³/mol. The Labute approximate surface area is 217 Å². The van der Waals surface area contributed by atoms with Crippen LogP contribution < -0.4 is 10.1 Å². The van der Waals surface area contributed by atoms with Gasteiger partial charge in [-0.2, -0.15) is 0 Å². The van der Waals surface area contributed by atoms with E-state index in [-0.39, 0.29) is 25.0 Å². The number of rotatable bonds is 7. The van der Waals surface area contributed by atoms with Crippen molar-refractivity contribution in [2.45, 2.75) is 51.4 Å². The van der Waals surface area contributed by atoms with Gasteiger partial charge in [-0.25, -0.2) is 0 Å². The molecule has 1 aromatic rings. The van der Waals surface area contributed by atoms with Crippen LogP contribution in [0.15, 0.2) is 18.2 Å². The molecule has 3 aliphatic rings. The number of fused-ring (bicyclic) bond motifs is 1. The van der Waals surface area contributed by atoms with Crippen molar-refractivity contribution in [2.24, 2.45) is 11.8 Å². The van der Waals surface area contributed by atoms with Crippen molar-refractivity contribution in [3.63, 3.8) is 0 Å². The molecule has 4 rings (SSSR count). The van der Waals surface area contributed by atoms with E-state index in [1.54, 1.807) is 0 Å². The van der Waals surface area contributed by atoms with Gasteiger partial charge in [-0.15, -0.1) is 0 Å². The molecule has 4 atom stereocenters. The summed E-state index contributed by atoms with van der Waals surface area (Å²) in [6, 6.07) is 5.97. The molecule has 3 fully saturated rings. The van der Waals surface area contributed by atoms with Gasteiger partial charge in [0.2, 0.25) is 5.91 Å². The average molecular weight is 528 g/mol. The van der Waals surface area contributed by atoms with Crippen LogP contribution in [0.5, 0.6) is 5.75 Å². The highest BCUT2D eigenvalue weighted by molar-refractivity contribution is 6.32. The van der Waals surface area contributed by atoms with Crippen molar-refractivity contribution in [1.82, 2.24) is 15.1 Å². The molecule has 202 valence electrons. The van der Waals surface area contributed by atoms with Gasteiger partial charge in [0.25, 0.3) is 12.9 Å². The summed E-state index contributed by atoms with van der Waals surface area (Å²) in [4.78, 5) is 33.3. The largest absolute Gasteiger partial charge is 0.486 e. The normalized spacial score (nSPS) is 25.4. The molecule has 0 bridgehead atoms. The van der Waals surface area contributed by atoms with E-state index in [0.717, 1.165) is 44.7 Å². The molecule has 1 aliphatic carbocycles. The average Bonchev–Trinajstić information content (AvgIpc) is 3.47. The molecule has 0 unspecified atom stereocenters. The number of carbonyl (C=O) groups excluding carboxylic acids is 1. The third-order valence-electron chi connectivity index (χ3n) is 6.82. The van der Waals surface area contributed by atoms with Crippen LogP contribution in [0.4, 0.5) is 0 Å². The van der Waals surface area contributed by atoms with Gasteiger partial charge in [0.1, 0.15) is 11.9 Å². The number of aliphatic hydroxyl groups excluding tert-OH is 1. The minimum absolute atomic E-state index is 0.0751. The van der Waals surface area contributed by atoms with Crippen molar-refractivity contribution >= 4 is 30.5 Å². The molecule has 11 heteroatoms. The zero-order valence-electron chi connectivity index (χ0n) is 20.7. The summed E-state index contributed by atoms with van der Waals surface area (Å²) < 4.78 is 6.27. The first kappa shape index (κ1) is 29.8. The second kappa shape index (κ2) is 15.7. The zero-order valence-corrected chi connectivity index (χ0v) is 21.5. The van der Waals surface area contributed by atoms with Gasteiger partial charge in [-0.05, 0) is 69.2 Å². The summed E-state index contributed by atoms with van der Waals surface area (Å²) in [5, 5.41) is 28.1. The van der Waals surface area contributed by atoms with Crippen LogP contribution in [0.25, 0.3) is 0 Å². The lowest BCUT2D eigenvalue weighted by Gasteiger charge is -2.35. The zero-order chi connectivity index (χ0) is 26.5. The number of ether oxygens (including phenoxy) is 1. The van der Waals surface area contributed by atoms with Crippen LogP contribution in [0.2, 0.25) is 5.02 Å². The predicted octanol–water partition coefficient (Wildman–Crippen LogP) is 1.92. The maximum absolute atomic E-state index is 11.9. The van der Waals surface area contributed by atoms with Gasteiger partial charge in [0.05, 0.1) is 17.7 Å². The van der Waals surface area contributed by atoms with Gasteiger partial charge < -0.3 is 25.4 Å². The summed E-state index contributed by atoms with van der Waals surface area (Å²) >= 11 is 6.69. The first-order valence-corrected chi connectivity index (χ1v) is 12.7. The number of benzene rings is 1. The minimum Gasteiger partial charge on any atom is -0.486 e. The number of halogens is 1. The van der Waals surface area contributed by atoms with E-state index < -0.39 is 6.10 Å². The van der Waals surface area contributed by atoms with Gasteiger partial charge in [0.15, 0.2) is 0 Å². The van der Waals surface area contributed by atoms with E-state index in [2.05, 4.69) is 21.2 Å². The number of hydrogen-bond acceptors (Lipinski definition) is 7. The highest BCUT2D eigenvalue weighted by Gasteiger charge is 2.43. The van der Waals surface area contributed by atoms with Crippen LogP contribution in [0.1, 0.15) is 38.2 Å². The molecule has 0 radical (unpaired) electrons. The Morgan fingerprint density at radius 1 is 1.11 bits per heavy atom. The molecule has 2 saturated heterocycles. The van der Waals surface area contributed by atoms with Crippen LogP contribution in [0, 0.1) is 11.8 Å². The van der Waals surface area contributed by atoms with Crippen molar-refractivity contribution in [3.05, 3.63) is 28.8 Å². The van der Waals surface area contributed by atoms with Crippen LogP contribution in [-0.2, 0) is 20.9 Å². The lowest BCUT2D eigenvalue weighted by molar-refractivity contribution is -0.123. The number of nitrogens with zero attached hydrogens (tertiary/aromatic N) is 2. The molecule has 0 aromatic heterocycles. The first-order chi connectivity index (χ1) is 17.4. The second-order valence-electron chi connectivity index (χ2n) is 9.29. The van der Waals surface area contributed by atoms with Gasteiger partial charge in [-0.1, -0.05) is 23.7 Å². The summed E-state index contributed by atoms with van der Waals surface area (Å²) in [6.07, 6.45) is 3.25. The molecule has 10 nitrogen and oxygen atoms in total. The molecule has 0 spiro atoms. The molecule has 2 heterocycles. The van der Waals surface area contributed by atoms with Crippen LogP contribution >= 0.6 is 11.6 Å². The fraction of sp³-hybridized carbons (Fsp3) is 0.640. The molecule has 1 saturated carbocycles. The number of carbonyl (C=O) groups is 3. The number of nitrogens with one attached hydrogen (secondary N) is 1. The smallest absolute Gasteiger partial charge is 0.290 e. The number of aliphatic hydroxyl groups is 1. The maximum Gasteiger partial charge on any atom is 0.290 e. The van der Waals surface area contributed by atoms with Crippen LogP contribution in [-0.4, -0.2) is 95.4 Å². The Morgan fingerprint density at radius 3 is 2.33 bits per heavy atom. The van der Waals surface area contributed by atoms with E-state index >= 15 is 0 Å². The van der Waals surface area contributed by atoms with E-state index in [1.165, 1.54) is 12.8 Å². The number of hydrogen-bond donors (Lipinski definition) is 4. The van der Waals surface area contributed by atoms with Crippen molar-refractivity contribution in [3.8, 4) is 5.75 Å². The molecule has 1 amide bonds. The highest BCUT2D eigenvalue weighted by Crippen LogP contribution is 2.39. The van der Waals surface area contributed by atoms with Crippen LogP contribution in [0.3, 0.4) is 0 Å². The Kier molecular flexibility index (Phi) is 13.0. The first-order valence-electron chi connectivity index (χ1n) is 12.4. The number of amides is 1. The third kappa shape index (κ3) is 8.92. The lowest BCUT2D eigenvalue weighted by Crippen LogP contribution is -2.42. The Morgan fingerprint density at radius 2 is 1.72 bits per heavy atom. The second-order valence-corrected chi connectivity index (χ2v) is 9.66. The SMILES string of the molecule is CCNC(=O)CN1C[C@H]2C[C@@H](Oc3cccc(CN4CCCC4)c3Cl)[C@H](O)C[C@H]2C1.O=CO.O=CO. The van der Waals surface area contributed by atoms with E-state index in [1.807, 2.05) is 19.1 Å². The standard InChI is InChI=1S/C23H34ClN3O3.2CH2O2/c1-2-25-22(29)15-27-13-17-10-19(28)21(11-18(17)14-27)30-20-7-5-6-16(23(20)24)12-26-8-3-4-9-26;2*2-1-3/h5-7,17-19,21,28H,2-4,8-15H2,1H3,(H,25,29);2*1H,(H,2,3)/t17-,18+,19+,21+;;/m0../s1. The number of likely N-dealkylation sites (tertiary alicyclic amines) is 2. The minimum atomic E-state index is -0.506. The number of carboxylic acid groups (broad SMARTS) is 2. The third-order valence-corrected chi connectivity index (χ3v) is 7.24. The summed E-state index contributed by atoms with van der Waals surface area (Å²) in [7, 11) is 0. The fourth-order valence-corrected chi connectivity index (χ4v) is 5.54. The van der Waals surface area contributed by atoms with Gasteiger partial charge in [-0.3, -0.25) is 24.2 Å². The Balaban J connectivity index is 0.000000693. The summed E-state index contributed by atoms with van der Waals surface area (Å²) in [6.45, 7) is 7.39. The van der Waals surface area contributed by atoms with Gasteiger partial charge in [0, 0.05) is 26.2 Å². The van der Waals surface area contributed by atoms with Crippen molar-refractivity contribution < 1.29 is 34.4 Å². The molecule has 4 N–H and O–H groups in total. The highest BCUT2D eigenvalue weighted by atomic mass is 35.5. The quantitative estimate of drug-likeness (QED) is 0.391. The van der Waals surface area contributed by atoms with Gasteiger partial charge >= 0.3 is 0 Å². The monoisotopic (exact) mass is 527 g/mol. The molecule has 2 aliphatic heterocycles. The van der Waals surface area contributed by atoms with Crippen molar-refractivity contribution in [2.75, 3.05) is 39.3 Å². The molecular formula is C25H38ClN3O7. The number of likely N-dealkylation sites (N-methyl/N-ethyl adjacent to an activating group) is 1. The van der Waals surface area contributed by atoms with E-state index in [9.17, 15) is 9.90 Å². The van der Waals surface area contributed by atoms with Crippen molar-refractivity contribution in [1.29, 1.82) is 0 Å². The summed E-state index contributed by atoms with van der Waals surface area (Å²) in [5.74, 6) is 1.62.